The van der Waals surface area contributed by atoms with E-state index in [1.807, 2.05) is 6.07 Å². The maximum Gasteiger partial charge on any atom is 0.248 e. The Morgan fingerprint density at radius 3 is 2.96 bits per heavy atom. The Kier molecular flexibility index (Phi) is 3.96. The van der Waals surface area contributed by atoms with Gasteiger partial charge >= 0.3 is 0 Å². The van der Waals surface area contributed by atoms with Crippen molar-refractivity contribution < 1.29 is 4.52 Å². The largest absolute Gasteiger partial charge is 0.337 e. The highest BCUT2D eigenvalue weighted by Crippen LogP contribution is 2.33. The SMILES string of the molecule is O=c1cc(-c2noc(C3CCCN3Cc3ccccc3)n2)cc[nH]1. The Balaban J connectivity index is 1.56. The fourth-order valence-corrected chi connectivity index (χ4v) is 3.18. The van der Waals surface area contributed by atoms with Gasteiger partial charge in [-0.2, -0.15) is 4.98 Å². The van der Waals surface area contributed by atoms with Gasteiger partial charge in [0, 0.05) is 24.4 Å². The van der Waals surface area contributed by atoms with Gasteiger partial charge in [0.1, 0.15) is 0 Å². The molecule has 1 aliphatic heterocycles. The number of likely N-dealkylation sites (tertiary alicyclic amines) is 1. The van der Waals surface area contributed by atoms with Crippen LogP contribution < -0.4 is 5.56 Å². The van der Waals surface area contributed by atoms with E-state index in [1.165, 1.54) is 11.6 Å². The third kappa shape index (κ3) is 3.00. The molecule has 1 fully saturated rings. The summed E-state index contributed by atoms with van der Waals surface area (Å²) in [4.78, 5) is 20.9. The maximum atomic E-state index is 11.4. The van der Waals surface area contributed by atoms with Crippen LogP contribution in [0.3, 0.4) is 0 Å². The maximum absolute atomic E-state index is 11.4. The van der Waals surface area contributed by atoms with E-state index in [0.717, 1.165) is 25.9 Å². The molecule has 24 heavy (non-hydrogen) atoms. The monoisotopic (exact) mass is 322 g/mol. The van der Waals surface area contributed by atoms with Crippen LogP contribution in [0, 0.1) is 0 Å². The van der Waals surface area contributed by atoms with Crippen LogP contribution in [0.1, 0.15) is 30.3 Å². The summed E-state index contributed by atoms with van der Waals surface area (Å²) < 4.78 is 5.50. The summed E-state index contributed by atoms with van der Waals surface area (Å²) in [5.41, 5.74) is 1.77. The van der Waals surface area contributed by atoms with Crippen molar-refractivity contribution in [1.29, 1.82) is 0 Å². The smallest absolute Gasteiger partial charge is 0.248 e. The molecule has 1 aromatic carbocycles. The summed E-state index contributed by atoms with van der Waals surface area (Å²) in [5, 5.41) is 4.05. The lowest BCUT2D eigenvalue weighted by Crippen LogP contribution is -2.23. The van der Waals surface area contributed by atoms with Crippen LogP contribution in [0.2, 0.25) is 0 Å². The van der Waals surface area contributed by atoms with Crippen LogP contribution in [0.4, 0.5) is 0 Å². The van der Waals surface area contributed by atoms with E-state index in [0.29, 0.717) is 17.3 Å². The number of nitrogens with zero attached hydrogens (tertiary/aromatic N) is 3. The minimum absolute atomic E-state index is 0.133. The van der Waals surface area contributed by atoms with E-state index in [2.05, 4.69) is 44.3 Å². The topological polar surface area (TPSA) is 75.0 Å². The minimum Gasteiger partial charge on any atom is -0.337 e. The third-order valence-corrected chi connectivity index (χ3v) is 4.35. The average molecular weight is 322 g/mol. The van der Waals surface area contributed by atoms with Crippen molar-refractivity contribution in [3.63, 3.8) is 0 Å². The molecule has 1 N–H and O–H groups in total. The Labute approximate surface area is 139 Å². The summed E-state index contributed by atoms with van der Waals surface area (Å²) in [5.74, 6) is 1.08. The molecule has 122 valence electrons. The number of benzene rings is 1. The zero-order valence-electron chi connectivity index (χ0n) is 13.2. The lowest BCUT2D eigenvalue weighted by Gasteiger charge is -2.21. The molecule has 1 atom stereocenters. The number of aromatic amines is 1. The van der Waals surface area contributed by atoms with Crippen LogP contribution in [-0.4, -0.2) is 26.6 Å². The van der Waals surface area contributed by atoms with Crippen molar-refractivity contribution in [1.82, 2.24) is 20.0 Å². The normalized spacial score (nSPS) is 18.1. The number of nitrogens with one attached hydrogen (secondary N) is 1. The number of H-pyrrole nitrogens is 1. The van der Waals surface area contributed by atoms with Crippen molar-refractivity contribution in [3.05, 3.63) is 70.5 Å². The van der Waals surface area contributed by atoms with E-state index >= 15 is 0 Å². The predicted molar refractivity (Wildman–Crippen MR) is 89.2 cm³/mol. The van der Waals surface area contributed by atoms with Crippen LogP contribution in [-0.2, 0) is 6.54 Å². The van der Waals surface area contributed by atoms with Gasteiger partial charge in [0.25, 0.3) is 0 Å². The van der Waals surface area contributed by atoms with E-state index < -0.39 is 0 Å². The molecule has 0 spiro atoms. The van der Waals surface area contributed by atoms with Gasteiger partial charge in [-0.05, 0) is 31.0 Å². The first-order valence-electron chi connectivity index (χ1n) is 8.10. The zero-order chi connectivity index (χ0) is 16.4. The van der Waals surface area contributed by atoms with E-state index in [-0.39, 0.29) is 11.6 Å². The highest BCUT2D eigenvalue weighted by molar-refractivity contribution is 5.52. The summed E-state index contributed by atoms with van der Waals surface area (Å²) in [6, 6.07) is 13.8. The summed E-state index contributed by atoms with van der Waals surface area (Å²) in [7, 11) is 0. The van der Waals surface area contributed by atoms with Crippen molar-refractivity contribution in [2.75, 3.05) is 6.54 Å². The minimum atomic E-state index is -0.176. The molecule has 6 nitrogen and oxygen atoms in total. The Bertz CT molecular complexity index is 872. The highest BCUT2D eigenvalue weighted by atomic mass is 16.5. The van der Waals surface area contributed by atoms with E-state index in [9.17, 15) is 4.79 Å². The summed E-state index contributed by atoms with van der Waals surface area (Å²) in [6.07, 6.45) is 3.70. The molecule has 2 aromatic heterocycles. The lowest BCUT2D eigenvalue weighted by molar-refractivity contribution is 0.201. The molecule has 0 radical (unpaired) electrons. The van der Waals surface area contributed by atoms with Gasteiger partial charge in [-0.1, -0.05) is 35.5 Å². The van der Waals surface area contributed by atoms with E-state index in [4.69, 9.17) is 4.52 Å². The zero-order valence-corrected chi connectivity index (χ0v) is 13.2. The van der Waals surface area contributed by atoms with Gasteiger partial charge in [0.15, 0.2) is 0 Å². The summed E-state index contributed by atoms with van der Waals surface area (Å²) >= 11 is 0. The van der Waals surface area contributed by atoms with Gasteiger partial charge in [-0.15, -0.1) is 0 Å². The van der Waals surface area contributed by atoms with Crippen molar-refractivity contribution in [2.24, 2.45) is 0 Å². The average Bonchev–Trinajstić information content (AvgIpc) is 3.25. The number of pyridine rings is 1. The van der Waals surface area contributed by atoms with E-state index in [1.54, 1.807) is 12.3 Å². The molecule has 0 aliphatic carbocycles. The Morgan fingerprint density at radius 2 is 2.12 bits per heavy atom. The number of hydrogen-bond acceptors (Lipinski definition) is 5. The number of aromatic nitrogens is 3. The van der Waals surface area contributed by atoms with Crippen LogP contribution in [0.5, 0.6) is 0 Å². The van der Waals surface area contributed by atoms with Crippen LogP contribution in [0.15, 0.2) is 58.0 Å². The molecule has 1 unspecified atom stereocenters. The molecule has 0 saturated carbocycles. The number of hydrogen-bond donors (Lipinski definition) is 1. The molecule has 0 amide bonds. The first kappa shape index (κ1) is 14.8. The Hall–Kier alpha value is -2.73. The standard InChI is InChI=1S/C18H18N4O2/c23-16-11-14(8-9-19-16)17-20-18(24-21-17)15-7-4-10-22(15)12-13-5-2-1-3-6-13/h1-3,5-6,8-9,11,15H,4,7,10,12H2,(H,19,23). The molecule has 0 bridgehead atoms. The lowest BCUT2D eigenvalue weighted by atomic mass is 10.2. The Morgan fingerprint density at radius 1 is 1.25 bits per heavy atom. The molecule has 3 aromatic rings. The van der Waals surface area contributed by atoms with Crippen LogP contribution in [0.25, 0.3) is 11.4 Å². The molecular weight excluding hydrogens is 304 g/mol. The second kappa shape index (κ2) is 6.41. The molecular formula is C18H18N4O2. The quantitative estimate of drug-likeness (QED) is 0.799. The predicted octanol–water partition coefficient (Wildman–Crippen LogP) is 2.76. The summed E-state index contributed by atoms with van der Waals surface area (Å²) in [6.45, 7) is 1.89. The van der Waals surface area contributed by atoms with Gasteiger partial charge in [0.2, 0.25) is 17.3 Å². The van der Waals surface area contributed by atoms with Crippen molar-refractivity contribution >= 4 is 0 Å². The fraction of sp³-hybridized carbons (Fsp3) is 0.278. The molecule has 3 heterocycles. The van der Waals surface area contributed by atoms with Gasteiger partial charge in [0.05, 0.1) is 6.04 Å². The second-order valence-electron chi connectivity index (χ2n) is 6.01. The van der Waals surface area contributed by atoms with Crippen molar-refractivity contribution in [3.8, 4) is 11.4 Å². The van der Waals surface area contributed by atoms with Crippen LogP contribution >= 0.6 is 0 Å². The van der Waals surface area contributed by atoms with Gasteiger partial charge in [-0.25, -0.2) is 0 Å². The first-order valence-corrected chi connectivity index (χ1v) is 8.10. The van der Waals surface area contributed by atoms with Crippen molar-refractivity contribution in [2.45, 2.75) is 25.4 Å². The first-order chi connectivity index (χ1) is 11.8. The third-order valence-electron chi connectivity index (χ3n) is 4.35. The van der Waals surface area contributed by atoms with Gasteiger partial charge in [-0.3, -0.25) is 9.69 Å². The molecule has 1 aliphatic rings. The second-order valence-corrected chi connectivity index (χ2v) is 6.01. The molecule has 1 saturated heterocycles. The fourth-order valence-electron chi connectivity index (χ4n) is 3.18. The number of rotatable bonds is 4. The molecule has 4 rings (SSSR count). The van der Waals surface area contributed by atoms with Gasteiger partial charge < -0.3 is 9.51 Å². The molecule has 6 heteroatoms. The highest BCUT2D eigenvalue weighted by Gasteiger charge is 2.30.